The minimum Gasteiger partial charge on any atom is -0.480 e. The molecule has 1 atom stereocenters. The van der Waals surface area contributed by atoms with E-state index in [4.69, 9.17) is 15.9 Å². The van der Waals surface area contributed by atoms with Gasteiger partial charge in [-0.25, -0.2) is 4.39 Å². The fourth-order valence-corrected chi connectivity index (χ4v) is 0.493. The number of aliphatic carboxylic acids is 1. The van der Waals surface area contributed by atoms with Gasteiger partial charge >= 0.3 is 5.97 Å². The standard InChI is InChI=1S/C6H5F.C3H7NO3/c7-6-4-2-1-3-5-6;4-2(1-5)3(6)7/h1-5H;2,5H,1,4H2,(H,6,7)/t;2-/m.0/s1. The number of carboxylic acids is 1. The molecule has 4 N–H and O–H groups in total. The van der Waals surface area contributed by atoms with Gasteiger partial charge in [-0.2, -0.15) is 0 Å². The second kappa shape index (κ2) is 6.99. The minimum absolute atomic E-state index is 0.178. The van der Waals surface area contributed by atoms with E-state index in [2.05, 4.69) is 0 Å². The number of rotatable bonds is 2. The van der Waals surface area contributed by atoms with Crippen LogP contribution in [0.25, 0.3) is 0 Å². The molecular weight excluding hydrogens is 189 g/mol. The maximum Gasteiger partial charge on any atom is 0.322 e. The first-order chi connectivity index (χ1) is 6.57. The Morgan fingerprint density at radius 2 is 1.93 bits per heavy atom. The molecule has 0 saturated heterocycles. The van der Waals surface area contributed by atoms with E-state index in [0.29, 0.717) is 0 Å². The number of hydrogen-bond acceptors (Lipinski definition) is 3. The highest BCUT2D eigenvalue weighted by Gasteiger charge is 2.06. The Balaban J connectivity index is 0.000000241. The van der Waals surface area contributed by atoms with Gasteiger partial charge in [0.05, 0.1) is 6.61 Å². The summed E-state index contributed by atoms with van der Waals surface area (Å²) >= 11 is 0. The third-order valence-corrected chi connectivity index (χ3v) is 1.25. The highest BCUT2D eigenvalue weighted by molar-refractivity contribution is 5.73. The lowest BCUT2D eigenvalue weighted by molar-refractivity contribution is -0.139. The van der Waals surface area contributed by atoms with Gasteiger partial charge in [-0.1, -0.05) is 18.2 Å². The predicted octanol–water partition coefficient (Wildman–Crippen LogP) is 0.216. The van der Waals surface area contributed by atoms with Crippen LogP contribution in [0.2, 0.25) is 0 Å². The van der Waals surface area contributed by atoms with Gasteiger partial charge in [0, 0.05) is 0 Å². The van der Waals surface area contributed by atoms with Crippen LogP contribution in [0, 0.1) is 5.82 Å². The molecule has 5 heteroatoms. The molecule has 0 amide bonds. The molecule has 0 bridgehead atoms. The summed E-state index contributed by atoms with van der Waals surface area (Å²) in [6.45, 7) is -0.505. The van der Waals surface area contributed by atoms with Crippen molar-refractivity contribution in [2.24, 2.45) is 5.73 Å². The molecule has 1 aromatic rings. The van der Waals surface area contributed by atoms with Crippen molar-refractivity contribution >= 4 is 5.97 Å². The number of halogens is 1. The lowest BCUT2D eigenvalue weighted by Gasteiger charge is -1.96. The maximum atomic E-state index is 11.9. The van der Waals surface area contributed by atoms with Crippen LogP contribution in [0.5, 0.6) is 0 Å². The summed E-state index contributed by atoms with van der Waals surface area (Å²) in [6.07, 6.45) is 0. The van der Waals surface area contributed by atoms with Gasteiger partial charge in [-0.3, -0.25) is 4.79 Å². The van der Waals surface area contributed by atoms with Crippen LogP contribution in [0.3, 0.4) is 0 Å². The van der Waals surface area contributed by atoms with E-state index < -0.39 is 18.6 Å². The zero-order valence-corrected chi connectivity index (χ0v) is 7.43. The molecule has 0 aliphatic carbocycles. The Morgan fingerprint density at radius 1 is 1.43 bits per heavy atom. The van der Waals surface area contributed by atoms with Crippen LogP contribution in [-0.2, 0) is 4.79 Å². The summed E-state index contributed by atoms with van der Waals surface area (Å²) in [7, 11) is 0. The monoisotopic (exact) mass is 201 g/mol. The van der Waals surface area contributed by atoms with E-state index in [1.54, 1.807) is 18.2 Å². The molecule has 0 fully saturated rings. The number of hydrogen-bond donors (Lipinski definition) is 3. The minimum atomic E-state index is -1.18. The molecule has 78 valence electrons. The van der Waals surface area contributed by atoms with Crippen molar-refractivity contribution in [3.63, 3.8) is 0 Å². The van der Waals surface area contributed by atoms with E-state index in [9.17, 15) is 9.18 Å². The predicted molar refractivity (Wildman–Crippen MR) is 49.1 cm³/mol. The van der Waals surface area contributed by atoms with Gasteiger partial charge in [0.25, 0.3) is 0 Å². The molecule has 4 nitrogen and oxygen atoms in total. The average Bonchev–Trinajstić information content (AvgIpc) is 2.18. The topological polar surface area (TPSA) is 83.5 Å². The third kappa shape index (κ3) is 6.10. The quantitative estimate of drug-likeness (QED) is 0.639. The summed E-state index contributed by atoms with van der Waals surface area (Å²) < 4.78 is 11.9. The second-order valence-corrected chi connectivity index (χ2v) is 2.42. The van der Waals surface area contributed by atoms with Crippen molar-refractivity contribution in [3.05, 3.63) is 36.1 Å². The van der Waals surface area contributed by atoms with Gasteiger partial charge in [-0.05, 0) is 12.1 Å². The molecule has 0 radical (unpaired) electrons. The first-order valence-corrected chi connectivity index (χ1v) is 3.87. The molecule has 1 aromatic carbocycles. The van der Waals surface area contributed by atoms with Gasteiger partial charge in [-0.15, -0.1) is 0 Å². The fraction of sp³-hybridized carbons (Fsp3) is 0.222. The smallest absolute Gasteiger partial charge is 0.322 e. The van der Waals surface area contributed by atoms with E-state index in [-0.39, 0.29) is 5.82 Å². The van der Waals surface area contributed by atoms with Crippen LogP contribution in [-0.4, -0.2) is 28.8 Å². The zero-order valence-electron chi connectivity index (χ0n) is 7.43. The molecule has 0 saturated carbocycles. The van der Waals surface area contributed by atoms with Crippen molar-refractivity contribution in [1.29, 1.82) is 0 Å². The van der Waals surface area contributed by atoms with Gasteiger partial charge < -0.3 is 15.9 Å². The number of carbonyl (C=O) groups is 1. The maximum absolute atomic E-state index is 11.9. The van der Waals surface area contributed by atoms with Gasteiger partial charge in [0.1, 0.15) is 11.9 Å². The van der Waals surface area contributed by atoms with Crippen molar-refractivity contribution < 1.29 is 19.4 Å². The SMILES string of the molecule is Fc1ccccc1.N[C@@H](CO)C(=O)O. The highest BCUT2D eigenvalue weighted by atomic mass is 19.1. The molecule has 1 rings (SSSR count). The van der Waals surface area contributed by atoms with Crippen LogP contribution >= 0.6 is 0 Å². The molecular formula is C9H12FNO3. The van der Waals surface area contributed by atoms with Gasteiger partial charge in [0.2, 0.25) is 0 Å². The Hall–Kier alpha value is -1.46. The molecule has 0 aromatic heterocycles. The number of carboxylic acid groups (broad SMARTS) is 1. The lowest BCUT2D eigenvalue weighted by atomic mass is 10.3. The lowest BCUT2D eigenvalue weighted by Crippen LogP contribution is -2.33. The molecule has 0 unspecified atom stereocenters. The molecule has 0 heterocycles. The van der Waals surface area contributed by atoms with E-state index in [1.807, 2.05) is 0 Å². The van der Waals surface area contributed by atoms with Crippen molar-refractivity contribution in [2.45, 2.75) is 6.04 Å². The van der Waals surface area contributed by atoms with Crippen LogP contribution in [0.4, 0.5) is 4.39 Å². The largest absolute Gasteiger partial charge is 0.480 e. The van der Waals surface area contributed by atoms with Crippen molar-refractivity contribution in [2.75, 3.05) is 6.61 Å². The van der Waals surface area contributed by atoms with E-state index in [0.717, 1.165) is 0 Å². The Labute approximate surface area is 80.8 Å². The fourth-order valence-electron chi connectivity index (χ4n) is 0.493. The molecule has 0 spiro atoms. The molecule has 14 heavy (non-hydrogen) atoms. The summed E-state index contributed by atoms with van der Waals surface area (Å²) in [5.41, 5.74) is 4.77. The number of aliphatic hydroxyl groups excluding tert-OH is 1. The first kappa shape index (κ1) is 12.5. The Bertz CT molecular complexity index is 266. The summed E-state index contributed by atoms with van der Waals surface area (Å²) in [5.74, 6) is -1.36. The van der Waals surface area contributed by atoms with Crippen LogP contribution in [0.15, 0.2) is 30.3 Å². The number of aliphatic hydroxyl groups is 1. The normalized spacial score (nSPS) is 11.1. The van der Waals surface area contributed by atoms with E-state index in [1.165, 1.54) is 12.1 Å². The Morgan fingerprint density at radius 3 is 2.07 bits per heavy atom. The first-order valence-electron chi connectivity index (χ1n) is 3.87. The number of benzene rings is 1. The second-order valence-electron chi connectivity index (χ2n) is 2.42. The third-order valence-electron chi connectivity index (χ3n) is 1.25. The zero-order chi connectivity index (χ0) is 11.0. The summed E-state index contributed by atoms with van der Waals surface area (Å²) in [4.78, 5) is 9.65. The number of nitrogens with two attached hydrogens (primary N) is 1. The van der Waals surface area contributed by atoms with E-state index >= 15 is 0 Å². The van der Waals surface area contributed by atoms with Crippen molar-refractivity contribution in [3.8, 4) is 0 Å². The molecule has 0 aliphatic heterocycles. The highest BCUT2D eigenvalue weighted by Crippen LogP contribution is 1.91. The summed E-state index contributed by atoms with van der Waals surface area (Å²) in [6, 6.07) is 6.81. The average molecular weight is 201 g/mol. The Kier molecular flexibility index (Phi) is 6.26. The van der Waals surface area contributed by atoms with Crippen molar-refractivity contribution in [1.82, 2.24) is 0 Å². The van der Waals surface area contributed by atoms with Crippen LogP contribution in [0.1, 0.15) is 0 Å². The van der Waals surface area contributed by atoms with Gasteiger partial charge in [0.15, 0.2) is 0 Å². The summed E-state index contributed by atoms with van der Waals surface area (Å²) in [5, 5.41) is 15.9. The molecule has 0 aliphatic rings. The van der Waals surface area contributed by atoms with Crippen LogP contribution < -0.4 is 5.73 Å².